The van der Waals surface area contributed by atoms with Crippen molar-refractivity contribution in [3.05, 3.63) is 18.2 Å². The van der Waals surface area contributed by atoms with Crippen LogP contribution in [0.3, 0.4) is 0 Å². The summed E-state index contributed by atoms with van der Waals surface area (Å²) in [6.07, 6.45) is 5.99. The number of H-pyrrole nitrogens is 1. The summed E-state index contributed by atoms with van der Waals surface area (Å²) in [5.41, 5.74) is 0.391. The third-order valence-electron chi connectivity index (χ3n) is 2.38. The number of aromatic amines is 1. The molecule has 14 heavy (non-hydrogen) atoms. The van der Waals surface area contributed by atoms with E-state index in [2.05, 4.69) is 36.1 Å². The summed E-state index contributed by atoms with van der Waals surface area (Å²) in [6.45, 7) is 6.80. The number of imidazole rings is 1. The highest BCUT2D eigenvalue weighted by Crippen LogP contribution is 2.25. The lowest BCUT2D eigenvalue weighted by atomic mass is 9.88. The van der Waals surface area contributed by atoms with E-state index in [0.717, 1.165) is 12.2 Å². The van der Waals surface area contributed by atoms with Crippen LogP contribution >= 0.6 is 0 Å². The molecule has 0 saturated heterocycles. The summed E-state index contributed by atoms with van der Waals surface area (Å²) in [6, 6.07) is 0.351. The van der Waals surface area contributed by atoms with Crippen molar-refractivity contribution in [3.63, 3.8) is 0 Å². The lowest BCUT2D eigenvalue weighted by Gasteiger charge is -2.21. The molecule has 2 N–H and O–H groups in total. The molecule has 1 atom stereocenters. The van der Waals surface area contributed by atoms with Crippen LogP contribution < -0.4 is 5.32 Å². The van der Waals surface area contributed by atoms with Gasteiger partial charge < -0.3 is 10.3 Å². The smallest absolute Gasteiger partial charge is 0.123 e. The predicted octanol–water partition coefficient (Wildman–Crippen LogP) is 2.50. The SMILES string of the molecule is CNC(CCC(C)(C)C)c1ncc[nH]1. The zero-order chi connectivity index (χ0) is 10.6. The van der Waals surface area contributed by atoms with Gasteiger partial charge in [0.25, 0.3) is 0 Å². The van der Waals surface area contributed by atoms with Gasteiger partial charge in [0.05, 0.1) is 6.04 Å². The van der Waals surface area contributed by atoms with E-state index in [1.807, 2.05) is 13.2 Å². The first kappa shape index (κ1) is 11.2. The predicted molar refractivity (Wildman–Crippen MR) is 59.1 cm³/mol. The number of hydrogen-bond acceptors (Lipinski definition) is 2. The topological polar surface area (TPSA) is 40.7 Å². The average molecular weight is 195 g/mol. The van der Waals surface area contributed by atoms with E-state index in [-0.39, 0.29) is 0 Å². The second kappa shape index (κ2) is 4.60. The maximum Gasteiger partial charge on any atom is 0.123 e. The molecule has 1 aromatic heterocycles. The van der Waals surface area contributed by atoms with Crippen molar-refractivity contribution in [2.75, 3.05) is 7.05 Å². The van der Waals surface area contributed by atoms with E-state index in [9.17, 15) is 0 Å². The van der Waals surface area contributed by atoms with Gasteiger partial charge in [-0.2, -0.15) is 0 Å². The maximum atomic E-state index is 4.27. The quantitative estimate of drug-likeness (QED) is 0.775. The Morgan fingerprint density at radius 1 is 1.50 bits per heavy atom. The van der Waals surface area contributed by atoms with Crippen molar-refractivity contribution in [2.45, 2.75) is 39.7 Å². The van der Waals surface area contributed by atoms with Gasteiger partial charge in [0, 0.05) is 12.4 Å². The fourth-order valence-electron chi connectivity index (χ4n) is 1.46. The highest BCUT2D eigenvalue weighted by atomic mass is 15.0. The first-order valence-electron chi connectivity index (χ1n) is 5.19. The van der Waals surface area contributed by atoms with E-state index in [0.29, 0.717) is 11.5 Å². The van der Waals surface area contributed by atoms with Gasteiger partial charge >= 0.3 is 0 Å². The number of nitrogens with zero attached hydrogens (tertiary/aromatic N) is 1. The number of hydrogen-bond donors (Lipinski definition) is 2. The van der Waals surface area contributed by atoms with Crippen molar-refractivity contribution in [1.29, 1.82) is 0 Å². The molecule has 0 aromatic carbocycles. The lowest BCUT2D eigenvalue weighted by Crippen LogP contribution is -2.20. The van der Waals surface area contributed by atoms with Crippen molar-refractivity contribution in [3.8, 4) is 0 Å². The molecule has 3 heteroatoms. The molecule has 0 fully saturated rings. The number of rotatable bonds is 4. The van der Waals surface area contributed by atoms with Gasteiger partial charge in [-0.15, -0.1) is 0 Å². The third-order valence-corrected chi connectivity index (χ3v) is 2.38. The summed E-state index contributed by atoms with van der Waals surface area (Å²) in [4.78, 5) is 7.42. The van der Waals surface area contributed by atoms with Crippen LogP contribution in [0.25, 0.3) is 0 Å². The molecule has 1 heterocycles. The molecule has 0 saturated carbocycles. The fraction of sp³-hybridized carbons (Fsp3) is 0.727. The van der Waals surface area contributed by atoms with Crippen molar-refractivity contribution < 1.29 is 0 Å². The second-order valence-corrected chi connectivity index (χ2v) is 4.92. The van der Waals surface area contributed by atoms with Gasteiger partial charge in [-0.05, 0) is 25.3 Å². The average Bonchev–Trinajstić information content (AvgIpc) is 2.56. The minimum atomic E-state index is 0.351. The highest BCUT2D eigenvalue weighted by molar-refractivity contribution is 4.95. The van der Waals surface area contributed by atoms with E-state index < -0.39 is 0 Å². The second-order valence-electron chi connectivity index (χ2n) is 4.92. The molecule has 0 bridgehead atoms. The van der Waals surface area contributed by atoms with Crippen LogP contribution in [0.4, 0.5) is 0 Å². The molecular formula is C11H21N3. The summed E-state index contributed by atoms with van der Waals surface area (Å²) in [5.74, 6) is 1.04. The normalized spacial score (nSPS) is 14.3. The van der Waals surface area contributed by atoms with Gasteiger partial charge in [0.1, 0.15) is 5.82 Å². The van der Waals surface area contributed by atoms with Gasteiger partial charge in [0.15, 0.2) is 0 Å². The van der Waals surface area contributed by atoms with E-state index in [1.165, 1.54) is 6.42 Å². The number of nitrogens with one attached hydrogen (secondary N) is 2. The first-order chi connectivity index (χ1) is 6.53. The molecule has 0 radical (unpaired) electrons. The minimum Gasteiger partial charge on any atom is -0.347 e. The van der Waals surface area contributed by atoms with Crippen LogP contribution in [-0.2, 0) is 0 Å². The monoisotopic (exact) mass is 195 g/mol. The molecule has 1 aromatic rings. The van der Waals surface area contributed by atoms with Crippen molar-refractivity contribution in [2.24, 2.45) is 5.41 Å². The van der Waals surface area contributed by atoms with Crippen LogP contribution in [0, 0.1) is 5.41 Å². The standard InChI is InChI=1S/C11H21N3/c1-11(2,3)6-5-9(12-4)10-13-7-8-14-10/h7-9,12H,5-6H2,1-4H3,(H,13,14). The molecule has 0 aliphatic carbocycles. The van der Waals surface area contributed by atoms with Crippen LogP contribution in [-0.4, -0.2) is 17.0 Å². The Hall–Kier alpha value is -0.830. The van der Waals surface area contributed by atoms with Crippen LogP contribution in [0.1, 0.15) is 45.5 Å². The zero-order valence-corrected chi connectivity index (χ0v) is 9.59. The molecule has 80 valence electrons. The molecule has 1 unspecified atom stereocenters. The van der Waals surface area contributed by atoms with Gasteiger partial charge in [-0.25, -0.2) is 4.98 Å². The molecule has 3 nitrogen and oxygen atoms in total. The molecular weight excluding hydrogens is 174 g/mol. The Kier molecular flexibility index (Phi) is 3.69. The Labute approximate surface area is 86.3 Å². The van der Waals surface area contributed by atoms with Crippen LogP contribution in [0.2, 0.25) is 0 Å². The summed E-state index contributed by atoms with van der Waals surface area (Å²) < 4.78 is 0. The Morgan fingerprint density at radius 3 is 2.64 bits per heavy atom. The zero-order valence-electron chi connectivity index (χ0n) is 9.59. The summed E-state index contributed by atoms with van der Waals surface area (Å²) >= 11 is 0. The first-order valence-corrected chi connectivity index (χ1v) is 5.19. The Bertz CT molecular complexity index is 246. The van der Waals surface area contributed by atoms with E-state index in [1.54, 1.807) is 6.20 Å². The molecule has 0 amide bonds. The maximum absolute atomic E-state index is 4.27. The van der Waals surface area contributed by atoms with Crippen LogP contribution in [0.15, 0.2) is 12.4 Å². The summed E-state index contributed by atoms with van der Waals surface area (Å²) in [5, 5.41) is 3.28. The molecule has 0 aliphatic heterocycles. The van der Waals surface area contributed by atoms with Gasteiger partial charge in [-0.3, -0.25) is 0 Å². The Balaban J connectivity index is 2.49. The molecule has 1 rings (SSSR count). The highest BCUT2D eigenvalue weighted by Gasteiger charge is 2.16. The van der Waals surface area contributed by atoms with Gasteiger partial charge in [-0.1, -0.05) is 20.8 Å². The third kappa shape index (κ3) is 3.50. The van der Waals surface area contributed by atoms with Gasteiger partial charge in [0.2, 0.25) is 0 Å². The molecule has 0 aliphatic rings. The fourth-order valence-corrected chi connectivity index (χ4v) is 1.46. The molecule has 0 spiro atoms. The summed E-state index contributed by atoms with van der Waals surface area (Å²) in [7, 11) is 1.98. The van der Waals surface area contributed by atoms with E-state index in [4.69, 9.17) is 0 Å². The largest absolute Gasteiger partial charge is 0.347 e. The number of aromatic nitrogens is 2. The van der Waals surface area contributed by atoms with Crippen LogP contribution in [0.5, 0.6) is 0 Å². The van der Waals surface area contributed by atoms with Crippen molar-refractivity contribution >= 4 is 0 Å². The van der Waals surface area contributed by atoms with Crippen molar-refractivity contribution in [1.82, 2.24) is 15.3 Å². The lowest BCUT2D eigenvalue weighted by molar-refractivity contribution is 0.334. The Morgan fingerprint density at radius 2 is 2.21 bits per heavy atom. The minimum absolute atomic E-state index is 0.351. The van der Waals surface area contributed by atoms with E-state index >= 15 is 0 Å².